The maximum Gasteiger partial charge on any atom is 0.414 e. The summed E-state index contributed by atoms with van der Waals surface area (Å²) in [5.41, 5.74) is 5.63. The molecule has 0 radical (unpaired) electrons. The molecule has 92 valence electrons. The first-order valence-corrected chi connectivity index (χ1v) is 5.06. The van der Waals surface area contributed by atoms with Crippen molar-refractivity contribution < 1.29 is 19.8 Å². The molecule has 0 fully saturated rings. The largest absolute Gasteiger partial charge is 0.473 e. The van der Waals surface area contributed by atoms with Crippen LogP contribution in [0.2, 0.25) is 0 Å². The number of carbonyl (C=O) groups is 2. The smallest absolute Gasteiger partial charge is 0.414 e. The average Bonchev–Trinajstić information content (AvgIpc) is 2.72. The molecule has 1 aliphatic carbocycles. The maximum absolute atomic E-state index is 9.10. The highest BCUT2D eigenvalue weighted by molar-refractivity contribution is 6.27. The predicted octanol–water partition coefficient (Wildman–Crippen LogP) is 0.293. The van der Waals surface area contributed by atoms with Gasteiger partial charge in [0.15, 0.2) is 0 Å². The lowest BCUT2D eigenvalue weighted by atomic mass is 10.1. The minimum atomic E-state index is -1.82. The zero-order chi connectivity index (χ0) is 12.8. The van der Waals surface area contributed by atoms with E-state index in [1.165, 1.54) is 11.1 Å². The number of nitrogens with one attached hydrogen (secondary N) is 1. The third kappa shape index (κ3) is 3.54. The van der Waals surface area contributed by atoms with E-state index in [4.69, 9.17) is 25.6 Å². The highest BCUT2D eigenvalue weighted by atomic mass is 16.4. The van der Waals surface area contributed by atoms with Gasteiger partial charge in [0.1, 0.15) is 0 Å². The van der Waals surface area contributed by atoms with E-state index >= 15 is 0 Å². The number of carboxylic acids is 2. The van der Waals surface area contributed by atoms with Gasteiger partial charge in [-0.05, 0) is 24.0 Å². The molecular weight excluding hydrogens is 224 g/mol. The molecule has 0 amide bonds. The number of aliphatic carboxylic acids is 2. The van der Waals surface area contributed by atoms with Crippen molar-refractivity contribution in [1.29, 1.82) is 0 Å². The van der Waals surface area contributed by atoms with Gasteiger partial charge in [-0.15, -0.1) is 0 Å². The number of aryl methyl sites for hydroxylation is 1. The molecule has 6 nitrogen and oxygen atoms in total. The van der Waals surface area contributed by atoms with Gasteiger partial charge in [0.05, 0.1) is 0 Å². The molecule has 0 spiro atoms. The molecule has 2 rings (SSSR count). The van der Waals surface area contributed by atoms with Crippen LogP contribution in [0.4, 0.5) is 0 Å². The summed E-state index contributed by atoms with van der Waals surface area (Å²) in [6.07, 6.45) is 2.29. The standard InChI is InChI=1S/C9H12N2.C2H2O4/c10-11-9-6-5-7-3-1-2-4-8(7)9;3-1(4)2(5)6/h1-4,9,11H,5-6,10H2;(H,3,4)(H,5,6). The van der Waals surface area contributed by atoms with Gasteiger partial charge in [0.2, 0.25) is 0 Å². The van der Waals surface area contributed by atoms with Gasteiger partial charge in [0, 0.05) is 6.04 Å². The maximum atomic E-state index is 9.10. The summed E-state index contributed by atoms with van der Waals surface area (Å²) in [4.78, 5) is 18.2. The van der Waals surface area contributed by atoms with E-state index in [0.717, 1.165) is 12.8 Å². The van der Waals surface area contributed by atoms with E-state index in [-0.39, 0.29) is 0 Å². The fraction of sp³-hybridized carbons (Fsp3) is 0.273. The Morgan fingerprint density at radius 1 is 1.24 bits per heavy atom. The summed E-state index contributed by atoms with van der Waals surface area (Å²) in [6, 6.07) is 8.84. The number of carboxylic acid groups (broad SMARTS) is 2. The average molecular weight is 238 g/mol. The SMILES string of the molecule is NNC1CCc2ccccc21.O=C(O)C(=O)O. The highest BCUT2D eigenvalue weighted by Gasteiger charge is 2.19. The van der Waals surface area contributed by atoms with Gasteiger partial charge >= 0.3 is 11.9 Å². The second-order valence-corrected chi connectivity index (χ2v) is 3.57. The van der Waals surface area contributed by atoms with Crippen LogP contribution in [0.1, 0.15) is 23.6 Å². The second-order valence-electron chi connectivity index (χ2n) is 3.57. The van der Waals surface area contributed by atoms with E-state index in [2.05, 4.69) is 29.7 Å². The highest BCUT2D eigenvalue weighted by Crippen LogP contribution is 2.29. The van der Waals surface area contributed by atoms with Crippen molar-refractivity contribution >= 4 is 11.9 Å². The third-order valence-corrected chi connectivity index (χ3v) is 2.52. The molecule has 0 aliphatic heterocycles. The molecule has 17 heavy (non-hydrogen) atoms. The van der Waals surface area contributed by atoms with E-state index in [1.807, 2.05) is 0 Å². The molecule has 6 heteroatoms. The van der Waals surface area contributed by atoms with Crippen LogP contribution in [0.3, 0.4) is 0 Å². The summed E-state index contributed by atoms with van der Waals surface area (Å²) in [7, 11) is 0. The summed E-state index contributed by atoms with van der Waals surface area (Å²) in [6.45, 7) is 0. The van der Waals surface area contributed by atoms with Crippen molar-refractivity contribution in [2.45, 2.75) is 18.9 Å². The van der Waals surface area contributed by atoms with Gasteiger partial charge in [-0.25, -0.2) is 9.59 Å². The molecule has 5 N–H and O–H groups in total. The van der Waals surface area contributed by atoms with Gasteiger partial charge in [-0.3, -0.25) is 11.3 Å². The molecule has 0 heterocycles. The second kappa shape index (κ2) is 5.97. The van der Waals surface area contributed by atoms with Crippen LogP contribution < -0.4 is 11.3 Å². The zero-order valence-corrected chi connectivity index (χ0v) is 9.09. The Hall–Kier alpha value is -1.92. The predicted molar refractivity (Wildman–Crippen MR) is 60.1 cm³/mol. The van der Waals surface area contributed by atoms with Gasteiger partial charge in [0.25, 0.3) is 0 Å². The van der Waals surface area contributed by atoms with Crippen LogP contribution in [0.15, 0.2) is 24.3 Å². The summed E-state index contributed by atoms with van der Waals surface area (Å²) in [5.74, 6) is 1.75. The fourth-order valence-corrected chi connectivity index (χ4v) is 1.73. The Bertz CT molecular complexity index is 408. The molecule has 1 atom stereocenters. The number of hydrogen-bond donors (Lipinski definition) is 4. The quantitative estimate of drug-likeness (QED) is 0.318. The summed E-state index contributed by atoms with van der Waals surface area (Å²) < 4.78 is 0. The molecule has 0 bridgehead atoms. The van der Waals surface area contributed by atoms with Crippen LogP contribution in [-0.4, -0.2) is 22.2 Å². The van der Waals surface area contributed by atoms with Crippen LogP contribution >= 0.6 is 0 Å². The van der Waals surface area contributed by atoms with Crippen molar-refractivity contribution in [3.63, 3.8) is 0 Å². The summed E-state index contributed by atoms with van der Waals surface area (Å²) in [5, 5.41) is 14.8. The van der Waals surface area contributed by atoms with Crippen LogP contribution in [0.25, 0.3) is 0 Å². The minimum Gasteiger partial charge on any atom is -0.473 e. The van der Waals surface area contributed by atoms with Crippen LogP contribution in [-0.2, 0) is 16.0 Å². The first-order chi connectivity index (χ1) is 8.06. The number of fused-ring (bicyclic) bond motifs is 1. The number of nitrogens with two attached hydrogens (primary N) is 1. The van der Waals surface area contributed by atoms with Crippen LogP contribution in [0.5, 0.6) is 0 Å². The van der Waals surface area contributed by atoms with Crippen LogP contribution in [0, 0.1) is 0 Å². The van der Waals surface area contributed by atoms with E-state index < -0.39 is 11.9 Å². The molecular formula is C11H14N2O4. The van der Waals surface area contributed by atoms with Crippen molar-refractivity contribution in [3.05, 3.63) is 35.4 Å². The van der Waals surface area contributed by atoms with Crippen molar-refractivity contribution in [2.75, 3.05) is 0 Å². The molecule has 0 saturated carbocycles. The molecule has 1 aromatic rings. The van der Waals surface area contributed by atoms with E-state index in [9.17, 15) is 0 Å². The minimum absolute atomic E-state index is 0.381. The molecule has 1 unspecified atom stereocenters. The van der Waals surface area contributed by atoms with Crippen molar-refractivity contribution in [3.8, 4) is 0 Å². The number of hydrogen-bond acceptors (Lipinski definition) is 4. The van der Waals surface area contributed by atoms with E-state index in [0.29, 0.717) is 6.04 Å². The third-order valence-electron chi connectivity index (χ3n) is 2.52. The lowest BCUT2D eigenvalue weighted by molar-refractivity contribution is -0.159. The lowest BCUT2D eigenvalue weighted by Gasteiger charge is -2.08. The Kier molecular flexibility index (Phi) is 4.62. The Balaban J connectivity index is 0.000000209. The summed E-state index contributed by atoms with van der Waals surface area (Å²) >= 11 is 0. The van der Waals surface area contributed by atoms with Crippen molar-refractivity contribution in [1.82, 2.24) is 5.43 Å². The normalized spacial score (nSPS) is 16.6. The Morgan fingerprint density at radius 2 is 1.82 bits per heavy atom. The molecule has 0 saturated heterocycles. The fourth-order valence-electron chi connectivity index (χ4n) is 1.73. The van der Waals surface area contributed by atoms with Gasteiger partial charge < -0.3 is 10.2 Å². The lowest BCUT2D eigenvalue weighted by Crippen LogP contribution is -2.26. The monoisotopic (exact) mass is 238 g/mol. The van der Waals surface area contributed by atoms with Crippen molar-refractivity contribution in [2.24, 2.45) is 5.84 Å². The zero-order valence-electron chi connectivity index (χ0n) is 9.09. The Labute approximate surface area is 98.0 Å². The van der Waals surface area contributed by atoms with Gasteiger partial charge in [-0.2, -0.15) is 0 Å². The number of hydrazine groups is 1. The topological polar surface area (TPSA) is 113 Å². The molecule has 1 aromatic carbocycles. The first-order valence-electron chi connectivity index (χ1n) is 5.06. The van der Waals surface area contributed by atoms with E-state index in [1.54, 1.807) is 0 Å². The first kappa shape index (κ1) is 13.1. The number of benzene rings is 1. The molecule has 0 aromatic heterocycles. The Morgan fingerprint density at radius 3 is 2.35 bits per heavy atom. The number of rotatable bonds is 1. The molecule has 1 aliphatic rings. The van der Waals surface area contributed by atoms with Gasteiger partial charge in [-0.1, -0.05) is 24.3 Å².